The van der Waals surface area contributed by atoms with Crippen molar-refractivity contribution in [3.63, 3.8) is 0 Å². The van der Waals surface area contributed by atoms with Crippen molar-refractivity contribution in [2.24, 2.45) is 5.92 Å². The van der Waals surface area contributed by atoms with Crippen molar-refractivity contribution in [2.45, 2.75) is 72.3 Å². The van der Waals surface area contributed by atoms with E-state index in [0.29, 0.717) is 12.0 Å². The third-order valence-corrected chi connectivity index (χ3v) is 3.07. The van der Waals surface area contributed by atoms with Gasteiger partial charge in [0.05, 0.1) is 6.10 Å². The van der Waals surface area contributed by atoms with E-state index in [-0.39, 0.29) is 5.48 Å². The van der Waals surface area contributed by atoms with Crippen molar-refractivity contribution < 1.29 is 10.2 Å². The summed E-state index contributed by atoms with van der Waals surface area (Å²) in [6.07, 6.45) is 8.30. The summed E-state index contributed by atoms with van der Waals surface area (Å²) in [4.78, 5) is 0. The molecule has 0 saturated heterocycles. The Bertz CT molecular complexity index is 115. The second-order valence-electron chi connectivity index (χ2n) is 4.38. The highest BCUT2D eigenvalue weighted by Crippen LogP contribution is 2.11. The van der Waals surface area contributed by atoms with Gasteiger partial charge in [0.2, 0.25) is 0 Å². The van der Waals surface area contributed by atoms with Crippen LogP contribution < -0.4 is 0 Å². The predicted molar refractivity (Wildman–Crippen MR) is 67.2 cm³/mol. The first-order chi connectivity index (χ1) is 6.72. The molecule has 0 aromatic heterocycles. The van der Waals surface area contributed by atoms with Crippen LogP contribution in [0.3, 0.4) is 0 Å². The monoisotopic (exact) mass is 218 g/mol. The highest BCUT2D eigenvalue weighted by molar-refractivity contribution is 4.58. The second kappa shape index (κ2) is 12.0. The number of hydrogen-bond donors (Lipinski definition) is 0. The molecule has 2 heteroatoms. The van der Waals surface area contributed by atoms with Crippen molar-refractivity contribution in [3.05, 3.63) is 0 Å². The molecule has 2 nitrogen and oxygen atoms in total. The first-order valence-electron chi connectivity index (χ1n) is 6.33. The maximum absolute atomic E-state index is 5.77. The molecule has 15 heavy (non-hydrogen) atoms. The van der Waals surface area contributed by atoms with Crippen LogP contribution in [0, 0.1) is 5.92 Å². The lowest BCUT2D eigenvalue weighted by molar-refractivity contribution is 0.0269. The molecule has 0 rings (SSSR count). The number of rotatable bonds is 9. The van der Waals surface area contributed by atoms with Crippen LogP contribution in [-0.2, 0) is 4.74 Å². The molecule has 0 aromatic rings. The molecule has 0 fully saturated rings. The topological polar surface area (TPSA) is 40.7 Å². The minimum Gasteiger partial charge on any atom is -0.412 e. The van der Waals surface area contributed by atoms with E-state index in [1.165, 1.54) is 38.5 Å². The Labute approximate surface area is 95.7 Å². The molecule has 0 radical (unpaired) electrons. The summed E-state index contributed by atoms with van der Waals surface area (Å²) in [5.74, 6) is 0.700. The molecule has 0 aliphatic rings. The summed E-state index contributed by atoms with van der Waals surface area (Å²) in [6, 6.07) is 0. The van der Waals surface area contributed by atoms with Gasteiger partial charge in [-0.1, -0.05) is 52.9 Å². The van der Waals surface area contributed by atoms with Crippen molar-refractivity contribution in [3.8, 4) is 0 Å². The van der Waals surface area contributed by atoms with E-state index in [0.717, 1.165) is 6.61 Å². The Balaban J connectivity index is 0. The first-order valence-corrected chi connectivity index (χ1v) is 6.33. The molecule has 94 valence electrons. The van der Waals surface area contributed by atoms with Gasteiger partial charge in [-0.2, -0.15) is 0 Å². The van der Waals surface area contributed by atoms with Crippen LogP contribution in [0.15, 0.2) is 0 Å². The van der Waals surface area contributed by atoms with Crippen LogP contribution >= 0.6 is 0 Å². The molecular formula is C13H30O2. The summed E-state index contributed by atoms with van der Waals surface area (Å²) >= 11 is 0. The molecule has 0 heterocycles. The highest BCUT2D eigenvalue weighted by Gasteiger charge is 2.09. The van der Waals surface area contributed by atoms with Crippen LogP contribution in [-0.4, -0.2) is 18.2 Å². The molecule has 2 atom stereocenters. The van der Waals surface area contributed by atoms with E-state index in [2.05, 4.69) is 27.7 Å². The maximum Gasteiger partial charge on any atom is 0.0572 e. The SMILES string of the molecule is CCCCCCCOC(C)C(C)CC.O. The van der Waals surface area contributed by atoms with Crippen LogP contribution in [0.25, 0.3) is 0 Å². The van der Waals surface area contributed by atoms with Crippen LogP contribution in [0.2, 0.25) is 0 Å². The average Bonchev–Trinajstić information content (AvgIpc) is 2.21. The number of hydrogen-bond acceptors (Lipinski definition) is 1. The summed E-state index contributed by atoms with van der Waals surface area (Å²) < 4.78 is 5.77. The molecule has 0 spiro atoms. The molecular weight excluding hydrogens is 188 g/mol. The van der Waals surface area contributed by atoms with Crippen LogP contribution in [0.5, 0.6) is 0 Å². The van der Waals surface area contributed by atoms with E-state index < -0.39 is 0 Å². The zero-order chi connectivity index (χ0) is 10.8. The Hall–Kier alpha value is -0.0800. The van der Waals surface area contributed by atoms with E-state index >= 15 is 0 Å². The van der Waals surface area contributed by atoms with E-state index in [1.54, 1.807) is 0 Å². The van der Waals surface area contributed by atoms with E-state index in [9.17, 15) is 0 Å². The average molecular weight is 218 g/mol. The van der Waals surface area contributed by atoms with Crippen LogP contribution in [0.4, 0.5) is 0 Å². The van der Waals surface area contributed by atoms with Gasteiger partial charge in [-0.05, 0) is 19.3 Å². The summed E-state index contributed by atoms with van der Waals surface area (Å²) in [6.45, 7) is 9.89. The number of ether oxygens (including phenoxy) is 1. The molecule has 0 saturated carbocycles. The standard InChI is InChI=1S/C13H28O.H2O/c1-5-7-8-9-10-11-14-13(4)12(3)6-2;/h12-13H,5-11H2,1-4H3;1H2. The lowest BCUT2D eigenvalue weighted by Gasteiger charge is -2.18. The predicted octanol–water partition coefficient (Wildman–Crippen LogP) is 3.58. The van der Waals surface area contributed by atoms with Gasteiger partial charge in [-0.3, -0.25) is 0 Å². The molecule has 0 amide bonds. The van der Waals surface area contributed by atoms with Gasteiger partial charge in [-0.15, -0.1) is 0 Å². The molecule has 0 aromatic carbocycles. The van der Waals surface area contributed by atoms with E-state index in [1.807, 2.05) is 0 Å². The van der Waals surface area contributed by atoms with E-state index in [4.69, 9.17) is 4.74 Å². The highest BCUT2D eigenvalue weighted by atomic mass is 16.5. The van der Waals surface area contributed by atoms with Gasteiger partial charge in [0, 0.05) is 6.61 Å². The lowest BCUT2D eigenvalue weighted by Crippen LogP contribution is -2.17. The van der Waals surface area contributed by atoms with Gasteiger partial charge in [0.1, 0.15) is 0 Å². The summed E-state index contributed by atoms with van der Waals surface area (Å²) in [5.41, 5.74) is 0. The Morgan fingerprint density at radius 1 is 0.933 bits per heavy atom. The Morgan fingerprint density at radius 3 is 2.07 bits per heavy atom. The molecule has 0 aliphatic carbocycles. The third-order valence-electron chi connectivity index (χ3n) is 3.07. The number of unbranched alkanes of at least 4 members (excludes halogenated alkanes) is 4. The molecule has 2 unspecified atom stereocenters. The minimum absolute atomic E-state index is 0. The van der Waals surface area contributed by atoms with Gasteiger partial charge in [0.15, 0.2) is 0 Å². The first kappa shape index (κ1) is 17.3. The zero-order valence-electron chi connectivity index (χ0n) is 11.0. The largest absolute Gasteiger partial charge is 0.412 e. The summed E-state index contributed by atoms with van der Waals surface area (Å²) in [5, 5.41) is 0. The third kappa shape index (κ3) is 10.2. The van der Waals surface area contributed by atoms with Gasteiger partial charge >= 0.3 is 0 Å². The smallest absolute Gasteiger partial charge is 0.0572 e. The van der Waals surface area contributed by atoms with Gasteiger partial charge in [0.25, 0.3) is 0 Å². The molecule has 2 N–H and O–H groups in total. The second-order valence-corrected chi connectivity index (χ2v) is 4.38. The molecule has 0 bridgehead atoms. The summed E-state index contributed by atoms with van der Waals surface area (Å²) in [7, 11) is 0. The van der Waals surface area contributed by atoms with Crippen molar-refractivity contribution in [1.82, 2.24) is 0 Å². The lowest BCUT2D eigenvalue weighted by atomic mass is 10.0. The fourth-order valence-corrected chi connectivity index (χ4v) is 1.47. The normalized spacial score (nSPS) is 14.4. The van der Waals surface area contributed by atoms with Crippen molar-refractivity contribution in [2.75, 3.05) is 6.61 Å². The van der Waals surface area contributed by atoms with Gasteiger partial charge < -0.3 is 10.2 Å². The maximum atomic E-state index is 5.77. The Kier molecular flexibility index (Phi) is 13.8. The quantitative estimate of drug-likeness (QED) is 0.545. The fraction of sp³-hybridized carbons (Fsp3) is 1.00. The van der Waals surface area contributed by atoms with Crippen LogP contribution in [0.1, 0.15) is 66.2 Å². The Morgan fingerprint density at radius 2 is 1.53 bits per heavy atom. The molecule has 0 aliphatic heterocycles. The van der Waals surface area contributed by atoms with Crippen molar-refractivity contribution in [1.29, 1.82) is 0 Å². The fourth-order valence-electron chi connectivity index (χ4n) is 1.47. The van der Waals surface area contributed by atoms with Gasteiger partial charge in [-0.25, -0.2) is 0 Å². The zero-order valence-corrected chi connectivity index (χ0v) is 11.0. The minimum atomic E-state index is 0. The van der Waals surface area contributed by atoms with Crippen molar-refractivity contribution >= 4 is 0 Å².